The lowest BCUT2D eigenvalue weighted by atomic mass is 10.1. The Kier molecular flexibility index (Phi) is 5.42. The maximum atomic E-state index is 12.3. The summed E-state index contributed by atoms with van der Waals surface area (Å²) in [6, 6.07) is 4.92. The van der Waals surface area contributed by atoms with Crippen molar-refractivity contribution < 1.29 is 13.5 Å². The molecule has 1 aromatic carbocycles. The molecule has 1 aliphatic heterocycles. The van der Waals surface area contributed by atoms with Crippen LogP contribution in [-0.2, 0) is 10.0 Å². The van der Waals surface area contributed by atoms with Gasteiger partial charge in [-0.2, -0.15) is 5.10 Å². The van der Waals surface area contributed by atoms with Crippen molar-refractivity contribution in [1.29, 1.82) is 0 Å². The SMILES string of the molecule is CNS(=O)(=O)c1ccc(N2CCC(O)CC2)c(Nc2ncnc3[nH]nc(Br)c23)c1. The van der Waals surface area contributed by atoms with Crippen molar-refractivity contribution in [3.63, 3.8) is 0 Å². The summed E-state index contributed by atoms with van der Waals surface area (Å²) in [6.07, 6.45) is 2.40. The van der Waals surface area contributed by atoms with E-state index in [0.29, 0.717) is 53.1 Å². The summed E-state index contributed by atoms with van der Waals surface area (Å²) in [4.78, 5) is 10.7. The van der Waals surface area contributed by atoms with Crippen molar-refractivity contribution in [3.05, 3.63) is 29.1 Å². The highest BCUT2D eigenvalue weighted by Crippen LogP contribution is 2.35. The number of fused-ring (bicyclic) bond motifs is 1. The second kappa shape index (κ2) is 7.86. The number of nitrogens with one attached hydrogen (secondary N) is 3. The van der Waals surface area contributed by atoms with E-state index in [1.165, 1.54) is 13.4 Å². The van der Waals surface area contributed by atoms with Gasteiger partial charge in [0.25, 0.3) is 0 Å². The van der Waals surface area contributed by atoms with E-state index in [2.05, 4.69) is 51.0 Å². The molecule has 0 atom stereocenters. The maximum Gasteiger partial charge on any atom is 0.240 e. The van der Waals surface area contributed by atoms with Gasteiger partial charge < -0.3 is 15.3 Å². The molecule has 1 fully saturated rings. The van der Waals surface area contributed by atoms with Gasteiger partial charge in [0.05, 0.1) is 27.8 Å². The van der Waals surface area contributed by atoms with Crippen molar-refractivity contribution in [3.8, 4) is 0 Å². The Labute approximate surface area is 175 Å². The van der Waals surface area contributed by atoms with Crippen molar-refractivity contribution >= 4 is 54.2 Å². The van der Waals surface area contributed by atoms with Crippen LogP contribution in [-0.4, -0.2) is 59.9 Å². The van der Waals surface area contributed by atoms with E-state index in [9.17, 15) is 13.5 Å². The van der Waals surface area contributed by atoms with Gasteiger partial charge in [-0.05, 0) is 54.0 Å². The molecule has 4 rings (SSSR count). The number of nitrogens with zero attached hydrogens (tertiary/aromatic N) is 4. The Hall–Kier alpha value is -2.28. The van der Waals surface area contributed by atoms with Crippen LogP contribution in [0.1, 0.15) is 12.8 Å². The predicted octanol–water partition coefficient (Wildman–Crippen LogP) is 1.73. The van der Waals surface area contributed by atoms with E-state index < -0.39 is 10.0 Å². The summed E-state index contributed by atoms with van der Waals surface area (Å²) in [6.45, 7) is 1.34. The highest BCUT2D eigenvalue weighted by molar-refractivity contribution is 9.10. The first-order chi connectivity index (χ1) is 13.9. The van der Waals surface area contributed by atoms with Crippen molar-refractivity contribution in [1.82, 2.24) is 24.9 Å². The molecule has 0 spiro atoms. The minimum Gasteiger partial charge on any atom is -0.393 e. The number of aromatic nitrogens is 4. The second-order valence-electron chi connectivity index (χ2n) is 6.69. The van der Waals surface area contributed by atoms with E-state index in [1.807, 2.05) is 0 Å². The number of rotatable bonds is 5. The average molecular weight is 482 g/mol. The molecular weight excluding hydrogens is 462 g/mol. The standard InChI is InChI=1S/C17H20BrN7O3S/c1-19-29(27,28)11-2-3-13(25-6-4-10(26)5-7-25)12(8-11)22-16-14-15(18)23-24-17(14)21-9-20-16/h2-3,8-10,19,26H,4-7H2,1H3,(H2,20,21,22,23,24). The molecule has 3 aromatic rings. The summed E-state index contributed by atoms with van der Waals surface area (Å²) < 4.78 is 27.5. The molecule has 3 heterocycles. The fraction of sp³-hybridized carbons (Fsp3) is 0.353. The second-order valence-corrected chi connectivity index (χ2v) is 9.33. The molecule has 0 amide bonds. The lowest BCUT2D eigenvalue weighted by Gasteiger charge is -2.33. The van der Waals surface area contributed by atoms with Crippen LogP contribution >= 0.6 is 15.9 Å². The summed E-state index contributed by atoms with van der Waals surface area (Å²) in [5, 5.41) is 20.6. The zero-order chi connectivity index (χ0) is 20.6. The summed E-state index contributed by atoms with van der Waals surface area (Å²) in [7, 11) is -2.24. The topological polar surface area (TPSA) is 136 Å². The van der Waals surface area contributed by atoms with Crippen LogP contribution in [0.4, 0.5) is 17.2 Å². The normalized spacial score (nSPS) is 15.8. The molecule has 0 unspecified atom stereocenters. The third kappa shape index (κ3) is 3.92. The third-order valence-electron chi connectivity index (χ3n) is 4.92. The molecule has 10 nitrogen and oxygen atoms in total. The number of halogens is 1. The highest BCUT2D eigenvalue weighted by Gasteiger charge is 2.22. The number of hydrogen-bond donors (Lipinski definition) is 4. The van der Waals surface area contributed by atoms with E-state index >= 15 is 0 Å². The van der Waals surface area contributed by atoms with Crippen LogP contribution < -0.4 is 14.9 Å². The summed E-state index contributed by atoms with van der Waals surface area (Å²) in [5.41, 5.74) is 1.97. The number of piperidine rings is 1. The quantitative estimate of drug-likeness (QED) is 0.432. The minimum atomic E-state index is -3.62. The first kappa shape index (κ1) is 20.0. The molecule has 12 heteroatoms. The average Bonchev–Trinajstić information content (AvgIpc) is 3.11. The Balaban J connectivity index is 1.80. The summed E-state index contributed by atoms with van der Waals surface area (Å²) >= 11 is 3.38. The van der Waals surface area contributed by atoms with Gasteiger partial charge in [-0.3, -0.25) is 5.10 Å². The third-order valence-corrected chi connectivity index (χ3v) is 6.90. The van der Waals surface area contributed by atoms with Crippen molar-refractivity contribution in [2.45, 2.75) is 23.8 Å². The molecule has 154 valence electrons. The van der Waals surface area contributed by atoms with Gasteiger partial charge in [-0.1, -0.05) is 0 Å². The fourth-order valence-electron chi connectivity index (χ4n) is 3.33. The van der Waals surface area contributed by atoms with Crippen LogP contribution in [0.2, 0.25) is 0 Å². The fourth-order valence-corrected chi connectivity index (χ4v) is 4.55. The van der Waals surface area contributed by atoms with E-state index in [1.54, 1.807) is 18.2 Å². The Morgan fingerprint density at radius 1 is 1.28 bits per heavy atom. The lowest BCUT2D eigenvalue weighted by Crippen LogP contribution is -2.36. The predicted molar refractivity (Wildman–Crippen MR) is 113 cm³/mol. The van der Waals surface area contributed by atoms with Gasteiger partial charge in [0, 0.05) is 13.1 Å². The van der Waals surface area contributed by atoms with Crippen LogP contribution in [0.15, 0.2) is 34.0 Å². The van der Waals surface area contributed by atoms with E-state index in [-0.39, 0.29) is 11.0 Å². The number of H-pyrrole nitrogens is 1. The number of benzene rings is 1. The molecule has 0 saturated carbocycles. The lowest BCUT2D eigenvalue weighted by molar-refractivity contribution is 0.145. The van der Waals surface area contributed by atoms with Gasteiger partial charge in [-0.15, -0.1) is 0 Å². The molecule has 1 aliphatic rings. The molecule has 4 N–H and O–H groups in total. The molecule has 29 heavy (non-hydrogen) atoms. The Morgan fingerprint density at radius 2 is 2.03 bits per heavy atom. The van der Waals surface area contributed by atoms with Gasteiger partial charge in [0.2, 0.25) is 10.0 Å². The Morgan fingerprint density at radius 3 is 2.76 bits per heavy atom. The van der Waals surface area contributed by atoms with E-state index in [4.69, 9.17) is 0 Å². The zero-order valence-electron chi connectivity index (χ0n) is 15.6. The maximum absolute atomic E-state index is 12.3. The number of anilines is 3. The molecule has 0 aliphatic carbocycles. The van der Waals surface area contributed by atoms with Gasteiger partial charge >= 0.3 is 0 Å². The Bertz CT molecular complexity index is 1140. The number of hydrogen-bond acceptors (Lipinski definition) is 8. The highest BCUT2D eigenvalue weighted by atomic mass is 79.9. The number of aliphatic hydroxyl groups excluding tert-OH is 1. The van der Waals surface area contributed by atoms with Crippen molar-refractivity contribution in [2.75, 3.05) is 30.4 Å². The summed E-state index contributed by atoms with van der Waals surface area (Å²) in [5.74, 6) is 0.493. The first-order valence-electron chi connectivity index (χ1n) is 9.01. The number of aliphatic hydroxyl groups is 1. The smallest absolute Gasteiger partial charge is 0.240 e. The van der Waals surface area contributed by atoms with Gasteiger partial charge in [0.1, 0.15) is 16.7 Å². The van der Waals surface area contributed by atoms with Crippen LogP contribution in [0.5, 0.6) is 0 Å². The van der Waals surface area contributed by atoms with E-state index in [0.717, 1.165) is 5.69 Å². The minimum absolute atomic E-state index is 0.139. The number of aromatic amines is 1. The van der Waals surface area contributed by atoms with Crippen LogP contribution in [0.3, 0.4) is 0 Å². The molecule has 2 aromatic heterocycles. The van der Waals surface area contributed by atoms with Crippen molar-refractivity contribution in [2.24, 2.45) is 0 Å². The van der Waals surface area contributed by atoms with Gasteiger partial charge in [0.15, 0.2) is 5.65 Å². The van der Waals surface area contributed by atoms with Crippen LogP contribution in [0.25, 0.3) is 11.0 Å². The van der Waals surface area contributed by atoms with Gasteiger partial charge in [-0.25, -0.2) is 23.1 Å². The van der Waals surface area contributed by atoms with Crippen LogP contribution in [0, 0.1) is 0 Å². The number of sulfonamides is 1. The monoisotopic (exact) mass is 481 g/mol. The molecule has 0 bridgehead atoms. The molecular formula is C17H20BrN7O3S. The largest absolute Gasteiger partial charge is 0.393 e. The molecule has 1 saturated heterocycles. The zero-order valence-corrected chi connectivity index (χ0v) is 18.0. The first-order valence-corrected chi connectivity index (χ1v) is 11.3. The molecule has 0 radical (unpaired) electrons.